The number of hydrogen-bond donors (Lipinski definition) is 1. The summed E-state index contributed by atoms with van der Waals surface area (Å²) in [5.41, 5.74) is 7.93. The molecule has 2 N–H and O–H groups in total. The molecule has 3 rings (SSSR count). The number of benzene rings is 1. The lowest BCUT2D eigenvalue weighted by molar-refractivity contribution is 0.301. The van der Waals surface area contributed by atoms with Gasteiger partial charge in [-0.2, -0.15) is 0 Å². The van der Waals surface area contributed by atoms with Gasteiger partial charge in [0.15, 0.2) is 0 Å². The van der Waals surface area contributed by atoms with Crippen LogP contribution >= 0.6 is 0 Å². The second-order valence-electron chi connectivity index (χ2n) is 4.20. The summed E-state index contributed by atoms with van der Waals surface area (Å²) in [6, 6.07) is 9.49. The molecule has 2 aromatic heterocycles. The number of halogens is 1. The summed E-state index contributed by atoms with van der Waals surface area (Å²) in [7, 11) is 0. The molecule has 0 spiro atoms. The third kappa shape index (κ3) is 2.49. The van der Waals surface area contributed by atoms with E-state index in [1.54, 1.807) is 24.3 Å². The molecular formula is C14H12FN3O. The first-order valence-electron chi connectivity index (χ1n) is 5.82. The van der Waals surface area contributed by atoms with Gasteiger partial charge in [-0.15, -0.1) is 0 Å². The van der Waals surface area contributed by atoms with Gasteiger partial charge in [0.2, 0.25) is 0 Å². The second-order valence-corrected chi connectivity index (χ2v) is 4.20. The van der Waals surface area contributed by atoms with Crippen LogP contribution in [0.2, 0.25) is 0 Å². The van der Waals surface area contributed by atoms with E-state index in [0.29, 0.717) is 18.0 Å². The summed E-state index contributed by atoms with van der Waals surface area (Å²) in [5, 5.41) is 0. The molecule has 19 heavy (non-hydrogen) atoms. The van der Waals surface area contributed by atoms with Crippen LogP contribution in [0.4, 0.5) is 10.1 Å². The maximum Gasteiger partial charge on any atom is 0.139 e. The summed E-state index contributed by atoms with van der Waals surface area (Å²) in [5.74, 6) is 0.327. The van der Waals surface area contributed by atoms with Gasteiger partial charge >= 0.3 is 0 Å². The number of nitrogen functional groups attached to an aromatic ring is 1. The first-order chi connectivity index (χ1) is 9.20. The van der Waals surface area contributed by atoms with E-state index in [-0.39, 0.29) is 5.82 Å². The van der Waals surface area contributed by atoms with Crippen LogP contribution in [-0.2, 0) is 6.61 Å². The fourth-order valence-electron chi connectivity index (χ4n) is 1.81. The van der Waals surface area contributed by atoms with E-state index >= 15 is 0 Å². The molecular weight excluding hydrogens is 245 g/mol. The predicted molar refractivity (Wildman–Crippen MR) is 70.3 cm³/mol. The second kappa shape index (κ2) is 4.61. The third-order valence-corrected chi connectivity index (χ3v) is 2.73. The van der Waals surface area contributed by atoms with Crippen LogP contribution in [0.25, 0.3) is 5.65 Å². The Morgan fingerprint density at radius 2 is 2.00 bits per heavy atom. The molecule has 0 bridgehead atoms. The first-order valence-corrected chi connectivity index (χ1v) is 5.82. The Hall–Kier alpha value is -2.56. The van der Waals surface area contributed by atoms with E-state index in [1.165, 1.54) is 12.1 Å². The molecule has 0 atom stereocenters. The van der Waals surface area contributed by atoms with Crippen molar-refractivity contribution < 1.29 is 9.13 Å². The lowest BCUT2D eigenvalue weighted by Crippen LogP contribution is -1.95. The molecule has 1 aromatic carbocycles. The fraction of sp³-hybridized carbons (Fsp3) is 0.0714. The smallest absolute Gasteiger partial charge is 0.139 e. The molecule has 0 unspecified atom stereocenters. The van der Waals surface area contributed by atoms with E-state index in [9.17, 15) is 4.39 Å². The van der Waals surface area contributed by atoms with Crippen LogP contribution in [-0.4, -0.2) is 9.38 Å². The van der Waals surface area contributed by atoms with E-state index < -0.39 is 0 Å². The molecule has 3 aromatic rings. The molecule has 2 heterocycles. The van der Waals surface area contributed by atoms with E-state index in [4.69, 9.17) is 10.5 Å². The number of fused-ring (bicyclic) bond motifs is 1. The van der Waals surface area contributed by atoms with Crippen molar-refractivity contribution in [1.82, 2.24) is 9.38 Å². The summed E-state index contributed by atoms with van der Waals surface area (Å²) >= 11 is 0. The van der Waals surface area contributed by atoms with Gasteiger partial charge in [0.05, 0.1) is 5.69 Å². The van der Waals surface area contributed by atoms with Crippen molar-refractivity contribution in [2.45, 2.75) is 6.61 Å². The highest BCUT2D eigenvalue weighted by Crippen LogP contribution is 2.14. The van der Waals surface area contributed by atoms with Gasteiger partial charge in [0.25, 0.3) is 0 Å². The first kappa shape index (κ1) is 11.5. The van der Waals surface area contributed by atoms with Crippen molar-refractivity contribution in [3.05, 3.63) is 60.3 Å². The van der Waals surface area contributed by atoms with Gasteiger partial charge in [-0.1, -0.05) is 0 Å². The standard InChI is InChI=1S/C14H12FN3O/c15-10-1-3-13(4-2-10)19-9-12-8-18-6-5-11(16)7-14(18)17-12/h1-8H,9,16H2. The van der Waals surface area contributed by atoms with Crippen molar-refractivity contribution in [2.75, 3.05) is 5.73 Å². The Morgan fingerprint density at radius 1 is 1.21 bits per heavy atom. The van der Waals surface area contributed by atoms with Gasteiger partial charge in [-0.05, 0) is 30.3 Å². The SMILES string of the molecule is Nc1ccn2cc(COc3ccc(F)cc3)nc2c1. The Labute approximate surface area is 109 Å². The molecule has 0 aliphatic rings. The van der Waals surface area contributed by atoms with Gasteiger partial charge in [-0.3, -0.25) is 0 Å². The van der Waals surface area contributed by atoms with E-state index in [0.717, 1.165) is 11.3 Å². The van der Waals surface area contributed by atoms with Crippen LogP contribution in [0.1, 0.15) is 5.69 Å². The Balaban J connectivity index is 1.76. The van der Waals surface area contributed by atoms with Crippen LogP contribution in [0.5, 0.6) is 5.75 Å². The van der Waals surface area contributed by atoms with Crippen LogP contribution in [0.15, 0.2) is 48.8 Å². The Bertz CT molecular complexity index is 706. The number of aromatic nitrogens is 2. The van der Waals surface area contributed by atoms with Crippen LogP contribution < -0.4 is 10.5 Å². The Morgan fingerprint density at radius 3 is 2.79 bits per heavy atom. The molecule has 0 radical (unpaired) electrons. The van der Waals surface area contributed by atoms with Crippen molar-refractivity contribution in [3.8, 4) is 5.75 Å². The topological polar surface area (TPSA) is 52.5 Å². The van der Waals surface area contributed by atoms with Crippen molar-refractivity contribution in [1.29, 1.82) is 0 Å². The zero-order valence-corrected chi connectivity index (χ0v) is 10.1. The van der Waals surface area contributed by atoms with Crippen molar-refractivity contribution in [2.24, 2.45) is 0 Å². The number of ether oxygens (including phenoxy) is 1. The molecule has 0 aliphatic heterocycles. The summed E-state index contributed by atoms with van der Waals surface area (Å²) < 4.78 is 20.2. The Kier molecular flexibility index (Phi) is 2.79. The molecule has 4 nitrogen and oxygen atoms in total. The average molecular weight is 257 g/mol. The average Bonchev–Trinajstić information content (AvgIpc) is 2.80. The van der Waals surface area contributed by atoms with Crippen molar-refractivity contribution >= 4 is 11.3 Å². The minimum atomic E-state index is -0.282. The van der Waals surface area contributed by atoms with Crippen LogP contribution in [0.3, 0.4) is 0 Å². The van der Waals surface area contributed by atoms with Gasteiger partial charge in [0, 0.05) is 24.1 Å². The molecule has 0 fully saturated rings. The minimum Gasteiger partial charge on any atom is -0.487 e. The summed E-state index contributed by atoms with van der Waals surface area (Å²) in [6.45, 7) is 0.327. The maximum atomic E-state index is 12.7. The predicted octanol–water partition coefficient (Wildman–Crippen LogP) is 2.63. The number of anilines is 1. The normalized spacial score (nSPS) is 10.8. The number of rotatable bonds is 3. The van der Waals surface area contributed by atoms with E-state index in [2.05, 4.69) is 4.98 Å². The fourth-order valence-corrected chi connectivity index (χ4v) is 1.81. The lowest BCUT2D eigenvalue weighted by atomic mass is 10.3. The highest BCUT2D eigenvalue weighted by Gasteiger charge is 2.03. The zero-order valence-electron chi connectivity index (χ0n) is 10.1. The highest BCUT2D eigenvalue weighted by molar-refractivity contribution is 5.52. The minimum absolute atomic E-state index is 0.282. The summed E-state index contributed by atoms with van der Waals surface area (Å²) in [6.07, 6.45) is 3.72. The molecule has 0 aliphatic carbocycles. The molecule has 5 heteroatoms. The highest BCUT2D eigenvalue weighted by atomic mass is 19.1. The molecule has 96 valence electrons. The number of pyridine rings is 1. The monoisotopic (exact) mass is 257 g/mol. The largest absolute Gasteiger partial charge is 0.487 e. The maximum absolute atomic E-state index is 12.7. The lowest BCUT2D eigenvalue weighted by Gasteiger charge is -2.02. The van der Waals surface area contributed by atoms with Gasteiger partial charge in [-0.25, -0.2) is 9.37 Å². The number of hydrogen-bond acceptors (Lipinski definition) is 3. The number of nitrogens with two attached hydrogens (primary N) is 1. The van der Waals surface area contributed by atoms with Crippen molar-refractivity contribution in [3.63, 3.8) is 0 Å². The zero-order chi connectivity index (χ0) is 13.2. The molecule has 0 saturated heterocycles. The number of nitrogens with zero attached hydrogens (tertiary/aromatic N) is 2. The quantitative estimate of drug-likeness (QED) is 0.784. The van der Waals surface area contributed by atoms with E-state index in [1.807, 2.05) is 16.8 Å². The summed E-state index contributed by atoms with van der Waals surface area (Å²) in [4.78, 5) is 4.39. The molecule has 0 saturated carbocycles. The van der Waals surface area contributed by atoms with Gasteiger partial charge < -0.3 is 14.9 Å². The molecule has 0 amide bonds. The third-order valence-electron chi connectivity index (χ3n) is 2.73. The number of imidazole rings is 1. The van der Waals surface area contributed by atoms with Crippen LogP contribution in [0, 0.1) is 5.82 Å². The van der Waals surface area contributed by atoms with Gasteiger partial charge in [0.1, 0.15) is 23.8 Å².